The Morgan fingerprint density at radius 3 is 2.26 bits per heavy atom. The lowest BCUT2D eigenvalue weighted by molar-refractivity contribution is -0.213. The van der Waals surface area contributed by atoms with E-state index in [0.717, 1.165) is 37.5 Å². The number of nitrogens with zero attached hydrogens (tertiary/aromatic N) is 1. The number of ether oxygens (including phenoxy) is 3. The molecule has 2 spiro atoms. The maximum Gasteiger partial charge on any atom is 0.338 e. The van der Waals surface area contributed by atoms with Gasteiger partial charge < -0.3 is 24.2 Å². The molecule has 6 atom stereocenters. The van der Waals surface area contributed by atoms with Gasteiger partial charge in [0.2, 0.25) is 0 Å². The molecule has 224 valence electrons. The predicted molar refractivity (Wildman–Crippen MR) is 146 cm³/mol. The smallest absolute Gasteiger partial charge is 0.338 e. The van der Waals surface area contributed by atoms with Crippen molar-refractivity contribution in [1.29, 1.82) is 0 Å². The Bertz CT molecular complexity index is 1360. The third kappa shape index (κ3) is 3.03. The molecule has 9 heteroatoms. The summed E-state index contributed by atoms with van der Waals surface area (Å²) in [5.74, 6) is 0.316. The SMILES string of the molecule is CC(C)(C)[C@]1(O)C[C@@H]2OC(=O)C[C@@]23C(=O)O[C@@H]2N(CC4C5CC6CC(C5)CC4C6)C(=O)[C@H](OC(=O)c4ccccc4)C213. The normalized spacial score (nSPS) is 46.4. The van der Waals surface area contributed by atoms with Crippen LogP contribution in [0.2, 0.25) is 0 Å². The predicted octanol–water partition coefficient (Wildman–Crippen LogP) is 3.48. The molecule has 3 aliphatic heterocycles. The number of rotatable bonds is 4. The van der Waals surface area contributed by atoms with Gasteiger partial charge in [-0.2, -0.15) is 0 Å². The summed E-state index contributed by atoms with van der Waals surface area (Å²) in [5, 5.41) is 12.9. The van der Waals surface area contributed by atoms with Gasteiger partial charge in [0, 0.05) is 13.0 Å². The molecular weight excluding hydrogens is 538 g/mol. The van der Waals surface area contributed by atoms with Crippen LogP contribution in [-0.4, -0.2) is 64.4 Å². The van der Waals surface area contributed by atoms with Crippen LogP contribution in [0.15, 0.2) is 30.3 Å². The largest absolute Gasteiger partial charge is 0.461 e. The molecule has 8 fully saturated rings. The summed E-state index contributed by atoms with van der Waals surface area (Å²) in [6.45, 7) is 5.92. The first kappa shape index (κ1) is 26.7. The van der Waals surface area contributed by atoms with Crippen LogP contribution < -0.4 is 0 Å². The molecule has 0 radical (unpaired) electrons. The minimum Gasteiger partial charge on any atom is -0.461 e. The fraction of sp³-hybridized carbons (Fsp3) is 0.697. The number of benzene rings is 1. The van der Waals surface area contributed by atoms with E-state index in [1.54, 1.807) is 35.2 Å². The monoisotopic (exact) mass is 577 g/mol. The van der Waals surface area contributed by atoms with E-state index in [1.807, 2.05) is 20.8 Å². The summed E-state index contributed by atoms with van der Waals surface area (Å²) in [6, 6.07) is 8.39. The quantitative estimate of drug-likeness (QED) is 0.427. The Kier molecular flexibility index (Phi) is 5.31. The highest BCUT2D eigenvalue weighted by molar-refractivity contribution is 5.99. The fourth-order valence-corrected chi connectivity index (χ4v) is 11.1. The molecule has 1 unspecified atom stereocenters. The summed E-state index contributed by atoms with van der Waals surface area (Å²) >= 11 is 0. The molecule has 4 bridgehead atoms. The second kappa shape index (κ2) is 8.36. The molecule has 3 heterocycles. The molecular formula is C33H39NO8. The highest BCUT2D eigenvalue weighted by Crippen LogP contribution is 2.76. The molecule has 5 aliphatic carbocycles. The van der Waals surface area contributed by atoms with Gasteiger partial charge in [0.25, 0.3) is 5.91 Å². The Labute approximate surface area is 245 Å². The van der Waals surface area contributed by atoms with Crippen LogP contribution in [0.5, 0.6) is 0 Å². The van der Waals surface area contributed by atoms with Crippen molar-refractivity contribution in [2.75, 3.05) is 6.54 Å². The lowest BCUT2D eigenvalue weighted by atomic mass is 9.51. The lowest BCUT2D eigenvalue weighted by Gasteiger charge is -2.55. The van der Waals surface area contributed by atoms with Crippen LogP contribution in [0, 0.1) is 45.8 Å². The lowest BCUT2D eigenvalue weighted by Crippen LogP contribution is -2.66. The zero-order chi connectivity index (χ0) is 29.4. The van der Waals surface area contributed by atoms with E-state index in [4.69, 9.17) is 14.2 Å². The molecule has 1 aromatic rings. The van der Waals surface area contributed by atoms with Gasteiger partial charge in [-0.3, -0.25) is 14.4 Å². The van der Waals surface area contributed by atoms with Gasteiger partial charge in [0.05, 0.1) is 17.6 Å². The van der Waals surface area contributed by atoms with Crippen molar-refractivity contribution < 1.29 is 38.5 Å². The van der Waals surface area contributed by atoms with Crippen molar-refractivity contribution in [3.63, 3.8) is 0 Å². The summed E-state index contributed by atoms with van der Waals surface area (Å²) in [7, 11) is 0. The van der Waals surface area contributed by atoms with Crippen molar-refractivity contribution in [1.82, 2.24) is 4.90 Å². The van der Waals surface area contributed by atoms with Crippen LogP contribution >= 0.6 is 0 Å². The maximum absolute atomic E-state index is 14.7. The third-order valence-corrected chi connectivity index (χ3v) is 12.6. The zero-order valence-electron chi connectivity index (χ0n) is 24.4. The molecule has 8 aliphatic rings. The number of likely N-dealkylation sites (tertiary alicyclic amines) is 1. The molecule has 5 saturated carbocycles. The van der Waals surface area contributed by atoms with Crippen LogP contribution in [0.25, 0.3) is 0 Å². The number of hydrogen-bond donors (Lipinski definition) is 1. The zero-order valence-corrected chi connectivity index (χ0v) is 24.4. The average molecular weight is 578 g/mol. The standard InChI is InChI=1S/C33H39NO8/c1-30(2,3)32(39)14-23-31(15-24(35)40-23)29(38)42-28-33(31,32)25(41-27(37)19-7-5-4-6-8-19)26(36)34(28)16-22-20-10-17-9-18(12-20)13-21(22)11-17/h4-8,17-18,20-23,25,28,39H,9-16H2,1-3H3/t17?,18?,20?,21?,22?,23-,25-,28-,31-,32+,33?/m0/s1. The molecule has 9 nitrogen and oxygen atoms in total. The van der Waals surface area contributed by atoms with Gasteiger partial charge in [0.1, 0.15) is 16.9 Å². The summed E-state index contributed by atoms with van der Waals surface area (Å²) in [6.07, 6.45) is 1.86. The Morgan fingerprint density at radius 1 is 1.00 bits per heavy atom. The Hall–Kier alpha value is -2.94. The number of aliphatic hydroxyl groups is 1. The van der Waals surface area contributed by atoms with Gasteiger partial charge in [-0.1, -0.05) is 39.0 Å². The minimum absolute atomic E-state index is 0.0492. The van der Waals surface area contributed by atoms with E-state index >= 15 is 0 Å². The first-order chi connectivity index (χ1) is 19.9. The second-order valence-electron chi connectivity index (χ2n) is 15.3. The second-order valence-corrected chi connectivity index (χ2v) is 15.3. The summed E-state index contributed by atoms with van der Waals surface area (Å²) in [4.78, 5) is 56.9. The van der Waals surface area contributed by atoms with E-state index < -0.39 is 64.1 Å². The minimum atomic E-state index is -1.74. The first-order valence-corrected chi connectivity index (χ1v) is 15.6. The van der Waals surface area contributed by atoms with E-state index in [9.17, 15) is 24.3 Å². The van der Waals surface area contributed by atoms with E-state index in [0.29, 0.717) is 18.4 Å². The fourth-order valence-electron chi connectivity index (χ4n) is 11.1. The van der Waals surface area contributed by atoms with Crippen molar-refractivity contribution in [3.8, 4) is 0 Å². The summed E-state index contributed by atoms with van der Waals surface area (Å²) < 4.78 is 18.0. The average Bonchev–Trinajstić information content (AvgIpc) is 3.54. The molecule has 1 N–H and O–H groups in total. The van der Waals surface area contributed by atoms with Gasteiger partial charge in [0.15, 0.2) is 12.3 Å². The molecule has 1 aromatic carbocycles. The number of carbonyl (C=O) groups is 4. The van der Waals surface area contributed by atoms with Crippen molar-refractivity contribution in [3.05, 3.63) is 35.9 Å². The highest BCUT2D eigenvalue weighted by atomic mass is 16.6. The number of amides is 1. The molecule has 3 saturated heterocycles. The van der Waals surface area contributed by atoms with Crippen LogP contribution in [0.3, 0.4) is 0 Å². The van der Waals surface area contributed by atoms with Crippen molar-refractivity contribution in [2.24, 2.45) is 45.8 Å². The van der Waals surface area contributed by atoms with Crippen LogP contribution in [-0.2, 0) is 28.6 Å². The van der Waals surface area contributed by atoms with Gasteiger partial charge in [-0.15, -0.1) is 0 Å². The van der Waals surface area contributed by atoms with Crippen LogP contribution in [0.1, 0.15) is 76.1 Å². The number of carbonyl (C=O) groups excluding carboxylic acids is 4. The van der Waals surface area contributed by atoms with Gasteiger partial charge in [-0.25, -0.2) is 4.79 Å². The molecule has 1 amide bonds. The number of hydrogen-bond acceptors (Lipinski definition) is 8. The summed E-state index contributed by atoms with van der Waals surface area (Å²) in [5.41, 5.74) is -5.74. The highest BCUT2D eigenvalue weighted by Gasteiger charge is 2.93. The Morgan fingerprint density at radius 2 is 1.64 bits per heavy atom. The topological polar surface area (TPSA) is 119 Å². The van der Waals surface area contributed by atoms with Gasteiger partial charge >= 0.3 is 17.9 Å². The van der Waals surface area contributed by atoms with Crippen LogP contribution in [0.4, 0.5) is 0 Å². The van der Waals surface area contributed by atoms with Gasteiger partial charge in [-0.05, 0) is 79.2 Å². The number of esters is 3. The molecule has 9 rings (SSSR count). The Balaban J connectivity index is 1.27. The van der Waals surface area contributed by atoms with Crippen molar-refractivity contribution in [2.45, 2.75) is 89.8 Å². The third-order valence-electron chi connectivity index (χ3n) is 12.6. The van der Waals surface area contributed by atoms with E-state index in [-0.39, 0.29) is 24.3 Å². The van der Waals surface area contributed by atoms with E-state index in [1.165, 1.54) is 6.42 Å². The van der Waals surface area contributed by atoms with E-state index in [2.05, 4.69) is 0 Å². The first-order valence-electron chi connectivity index (χ1n) is 15.6. The maximum atomic E-state index is 14.7. The molecule has 0 aromatic heterocycles. The van der Waals surface area contributed by atoms with Crippen molar-refractivity contribution >= 4 is 23.8 Å². The molecule has 42 heavy (non-hydrogen) atoms.